The highest BCUT2D eigenvalue weighted by Crippen LogP contribution is 2.34. The molecular formula is C54H58O10. The van der Waals surface area contributed by atoms with Gasteiger partial charge < -0.3 is 47.7 Å². The molecular weight excluding hydrogens is 809 g/mol. The minimum absolute atomic E-state index is 0.0635. The van der Waals surface area contributed by atoms with E-state index in [1.807, 2.05) is 182 Å². The third-order valence-electron chi connectivity index (χ3n) is 11.4. The first-order chi connectivity index (χ1) is 31.7. The van der Waals surface area contributed by atoms with Gasteiger partial charge >= 0.3 is 0 Å². The third-order valence-corrected chi connectivity index (χ3v) is 11.4. The third kappa shape index (κ3) is 13.2. The SMILES string of the molecule is O[C@@H]1C(COCc2ccccc2)O[C@H](O[C@H]2C(COCc3ccccc3)OCC(OCc3ccccc3)C2OCc2ccccc2)C(OCc2ccccc2)C1OCc1ccccc1. The van der Waals surface area contributed by atoms with Crippen LogP contribution in [0.3, 0.4) is 0 Å². The molecule has 10 heteroatoms. The number of aliphatic hydroxyl groups is 1. The van der Waals surface area contributed by atoms with Gasteiger partial charge in [0.1, 0.15) is 48.8 Å². The smallest absolute Gasteiger partial charge is 0.187 e. The highest BCUT2D eigenvalue weighted by Gasteiger charge is 2.52. The number of rotatable bonds is 22. The summed E-state index contributed by atoms with van der Waals surface area (Å²) in [6.07, 6.45) is -7.46. The Morgan fingerprint density at radius 1 is 0.391 bits per heavy atom. The van der Waals surface area contributed by atoms with Crippen LogP contribution in [0.2, 0.25) is 0 Å². The van der Waals surface area contributed by atoms with Gasteiger partial charge in [-0.2, -0.15) is 0 Å². The fourth-order valence-electron chi connectivity index (χ4n) is 7.96. The number of aliphatic hydroxyl groups excluding tert-OH is 1. The number of hydrogen-bond donors (Lipinski definition) is 1. The fraction of sp³-hybridized carbons (Fsp3) is 0.333. The molecule has 0 aliphatic carbocycles. The van der Waals surface area contributed by atoms with Crippen molar-refractivity contribution in [3.05, 3.63) is 215 Å². The molecule has 2 aliphatic rings. The molecule has 1 N–H and O–H groups in total. The molecule has 0 radical (unpaired) electrons. The molecule has 6 unspecified atom stereocenters. The topological polar surface area (TPSA) is 103 Å². The first kappa shape index (κ1) is 45.5. The Hall–Kier alpha value is -5.08. The lowest BCUT2D eigenvalue weighted by molar-refractivity contribution is -0.354. The summed E-state index contributed by atoms with van der Waals surface area (Å²) in [6.45, 7) is 2.27. The second-order valence-electron chi connectivity index (χ2n) is 16.1. The minimum Gasteiger partial charge on any atom is -0.387 e. The van der Waals surface area contributed by atoms with E-state index in [1.54, 1.807) is 0 Å². The van der Waals surface area contributed by atoms with E-state index in [9.17, 15) is 5.11 Å². The van der Waals surface area contributed by atoms with Crippen molar-refractivity contribution in [1.82, 2.24) is 0 Å². The lowest BCUT2D eigenvalue weighted by Crippen LogP contribution is -2.64. The average Bonchev–Trinajstić information content (AvgIpc) is 3.35. The molecule has 6 aromatic rings. The van der Waals surface area contributed by atoms with Gasteiger partial charge in [0, 0.05) is 0 Å². The normalized spacial score (nSPS) is 24.6. The molecule has 2 saturated heterocycles. The van der Waals surface area contributed by atoms with Gasteiger partial charge in [-0.05, 0) is 33.4 Å². The van der Waals surface area contributed by atoms with Crippen molar-refractivity contribution in [3.8, 4) is 0 Å². The van der Waals surface area contributed by atoms with Gasteiger partial charge in [0.15, 0.2) is 6.29 Å². The standard InChI is InChI=1S/C54H58O10/c55-49-46(37-56-31-40-19-7-1-8-20-40)63-54(53(62-36-45-29-17-6-18-30-45)52(49)61-35-44-27-15-5-16-28-44)64-51-47(38-57-32-41-21-9-2-10-22-41)59-39-48(58-33-42-23-11-3-12-24-42)50(51)60-34-43-25-13-4-14-26-43/h1-30,46-55H,31-39H2/t46?,47?,48?,49-,50?,51+,52?,53?,54-/m1/s1. The monoisotopic (exact) mass is 866 g/mol. The predicted molar refractivity (Wildman–Crippen MR) is 242 cm³/mol. The Bertz CT molecular complexity index is 2170. The van der Waals surface area contributed by atoms with Crippen molar-refractivity contribution < 1.29 is 47.7 Å². The highest BCUT2D eigenvalue weighted by atomic mass is 16.7. The summed E-state index contributed by atoms with van der Waals surface area (Å²) in [7, 11) is 0. The molecule has 2 fully saturated rings. The summed E-state index contributed by atoms with van der Waals surface area (Å²) in [5.74, 6) is 0. The van der Waals surface area contributed by atoms with Crippen LogP contribution in [0.5, 0.6) is 0 Å². The maximum atomic E-state index is 12.2. The molecule has 0 amide bonds. The lowest BCUT2D eigenvalue weighted by Gasteiger charge is -2.48. The molecule has 9 atom stereocenters. The van der Waals surface area contributed by atoms with E-state index in [0.29, 0.717) is 26.4 Å². The van der Waals surface area contributed by atoms with E-state index in [2.05, 4.69) is 0 Å². The van der Waals surface area contributed by atoms with Crippen LogP contribution in [0.25, 0.3) is 0 Å². The van der Waals surface area contributed by atoms with Crippen LogP contribution in [-0.2, 0) is 82.3 Å². The van der Waals surface area contributed by atoms with Crippen LogP contribution >= 0.6 is 0 Å². The summed E-state index contributed by atoms with van der Waals surface area (Å²) in [6, 6.07) is 59.7. The lowest BCUT2D eigenvalue weighted by atomic mass is 9.96. The summed E-state index contributed by atoms with van der Waals surface area (Å²) >= 11 is 0. The van der Waals surface area contributed by atoms with E-state index in [4.69, 9.17) is 42.6 Å². The van der Waals surface area contributed by atoms with Gasteiger partial charge in [0.25, 0.3) is 0 Å². The number of benzene rings is 6. The van der Waals surface area contributed by atoms with Gasteiger partial charge in [-0.25, -0.2) is 0 Å². The van der Waals surface area contributed by atoms with Crippen molar-refractivity contribution >= 4 is 0 Å². The largest absolute Gasteiger partial charge is 0.387 e. The van der Waals surface area contributed by atoms with E-state index in [1.165, 1.54) is 0 Å². The van der Waals surface area contributed by atoms with Crippen molar-refractivity contribution in [3.63, 3.8) is 0 Å². The molecule has 64 heavy (non-hydrogen) atoms. The van der Waals surface area contributed by atoms with E-state index < -0.39 is 55.1 Å². The van der Waals surface area contributed by atoms with Gasteiger partial charge in [0.2, 0.25) is 0 Å². The van der Waals surface area contributed by atoms with Crippen molar-refractivity contribution in [2.75, 3.05) is 19.8 Å². The zero-order valence-corrected chi connectivity index (χ0v) is 36.0. The average molecular weight is 867 g/mol. The molecule has 8 rings (SSSR count). The van der Waals surface area contributed by atoms with E-state index in [-0.39, 0.29) is 33.0 Å². The fourth-order valence-corrected chi connectivity index (χ4v) is 7.96. The molecule has 2 heterocycles. The predicted octanol–water partition coefficient (Wildman–Crippen LogP) is 8.63. The molecule has 6 aromatic carbocycles. The van der Waals surface area contributed by atoms with Crippen molar-refractivity contribution in [2.45, 2.75) is 94.8 Å². The maximum Gasteiger partial charge on any atom is 0.187 e. The van der Waals surface area contributed by atoms with Gasteiger partial charge in [-0.3, -0.25) is 0 Å². The first-order valence-electron chi connectivity index (χ1n) is 22.1. The quantitative estimate of drug-likeness (QED) is 0.0714. The van der Waals surface area contributed by atoms with Crippen LogP contribution in [-0.4, -0.2) is 80.0 Å². The Morgan fingerprint density at radius 3 is 1.19 bits per heavy atom. The van der Waals surface area contributed by atoms with Crippen molar-refractivity contribution in [1.29, 1.82) is 0 Å². The van der Waals surface area contributed by atoms with Gasteiger partial charge in [0.05, 0.1) is 59.5 Å². The Kier molecular flexibility index (Phi) is 17.3. The zero-order chi connectivity index (χ0) is 43.6. The Morgan fingerprint density at radius 2 is 0.750 bits per heavy atom. The Balaban J connectivity index is 1.12. The van der Waals surface area contributed by atoms with E-state index >= 15 is 0 Å². The number of ether oxygens (including phenoxy) is 9. The van der Waals surface area contributed by atoms with Crippen LogP contribution in [0.4, 0.5) is 0 Å². The molecule has 334 valence electrons. The first-order valence-corrected chi connectivity index (χ1v) is 22.1. The Labute approximate surface area is 376 Å². The molecule has 10 nitrogen and oxygen atoms in total. The molecule has 0 bridgehead atoms. The summed E-state index contributed by atoms with van der Waals surface area (Å²) in [5.41, 5.74) is 5.94. The van der Waals surface area contributed by atoms with Gasteiger partial charge in [-0.15, -0.1) is 0 Å². The second kappa shape index (κ2) is 24.3. The molecule has 0 saturated carbocycles. The van der Waals surface area contributed by atoms with Crippen LogP contribution < -0.4 is 0 Å². The second-order valence-corrected chi connectivity index (χ2v) is 16.1. The minimum atomic E-state index is -1.14. The van der Waals surface area contributed by atoms with Crippen LogP contribution in [0.15, 0.2) is 182 Å². The maximum absolute atomic E-state index is 12.2. The highest BCUT2D eigenvalue weighted by molar-refractivity contribution is 5.18. The summed E-state index contributed by atoms with van der Waals surface area (Å²) in [5, 5.41) is 12.2. The molecule has 0 aromatic heterocycles. The summed E-state index contributed by atoms with van der Waals surface area (Å²) < 4.78 is 60.3. The number of hydrogen-bond acceptors (Lipinski definition) is 10. The molecule has 0 spiro atoms. The zero-order valence-electron chi connectivity index (χ0n) is 36.0. The summed E-state index contributed by atoms with van der Waals surface area (Å²) in [4.78, 5) is 0. The van der Waals surface area contributed by atoms with E-state index in [0.717, 1.165) is 33.4 Å². The van der Waals surface area contributed by atoms with Crippen LogP contribution in [0, 0.1) is 0 Å². The molecule has 2 aliphatic heterocycles. The van der Waals surface area contributed by atoms with Crippen molar-refractivity contribution in [2.24, 2.45) is 0 Å². The van der Waals surface area contributed by atoms with Gasteiger partial charge in [-0.1, -0.05) is 182 Å². The van der Waals surface area contributed by atoms with Crippen LogP contribution in [0.1, 0.15) is 33.4 Å².